The zero-order valence-corrected chi connectivity index (χ0v) is 12.0. The highest BCUT2D eigenvalue weighted by atomic mass is 16.2. The van der Waals surface area contributed by atoms with Crippen molar-refractivity contribution in [3.63, 3.8) is 0 Å². The Labute approximate surface area is 119 Å². The Kier molecular flexibility index (Phi) is 4.61. The highest BCUT2D eigenvalue weighted by Gasteiger charge is 2.27. The molecule has 5 nitrogen and oxygen atoms in total. The molecule has 0 aromatic heterocycles. The third-order valence-electron chi connectivity index (χ3n) is 3.56. The zero-order valence-electron chi connectivity index (χ0n) is 12.0. The fourth-order valence-corrected chi connectivity index (χ4v) is 2.38. The standard InChI is InChI=1S/C15H21N3O2/c1-17(2)15(20)18-10-8-12(9-11-18)14(19)16-13-6-4-3-5-7-13/h3-7,12H,8-11H2,1-2H3,(H,16,19). The summed E-state index contributed by atoms with van der Waals surface area (Å²) in [4.78, 5) is 27.3. The molecule has 0 spiro atoms. The number of urea groups is 1. The van der Waals surface area contributed by atoms with E-state index >= 15 is 0 Å². The van der Waals surface area contributed by atoms with Gasteiger partial charge in [-0.1, -0.05) is 18.2 Å². The molecule has 0 unspecified atom stereocenters. The van der Waals surface area contributed by atoms with E-state index in [0.717, 1.165) is 18.5 Å². The normalized spacial score (nSPS) is 15.8. The smallest absolute Gasteiger partial charge is 0.319 e. The summed E-state index contributed by atoms with van der Waals surface area (Å²) in [6, 6.07) is 9.49. The number of amides is 3. The summed E-state index contributed by atoms with van der Waals surface area (Å²) in [6.07, 6.45) is 1.44. The van der Waals surface area contributed by atoms with Gasteiger partial charge in [0.15, 0.2) is 0 Å². The molecule has 1 saturated heterocycles. The first kappa shape index (κ1) is 14.4. The minimum Gasteiger partial charge on any atom is -0.331 e. The second kappa shape index (κ2) is 6.41. The van der Waals surface area contributed by atoms with E-state index in [-0.39, 0.29) is 17.9 Å². The Balaban J connectivity index is 1.84. The highest BCUT2D eigenvalue weighted by molar-refractivity contribution is 5.92. The van der Waals surface area contributed by atoms with Crippen molar-refractivity contribution < 1.29 is 9.59 Å². The van der Waals surface area contributed by atoms with Crippen molar-refractivity contribution in [2.24, 2.45) is 5.92 Å². The van der Waals surface area contributed by atoms with Crippen molar-refractivity contribution in [1.82, 2.24) is 9.80 Å². The van der Waals surface area contributed by atoms with Crippen LogP contribution in [0.5, 0.6) is 0 Å². The number of carbonyl (C=O) groups excluding carboxylic acids is 2. The van der Waals surface area contributed by atoms with Crippen molar-refractivity contribution in [3.05, 3.63) is 30.3 Å². The molecule has 1 aliphatic heterocycles. The van der Waals surface area contributed by atoms with Crippen molar-refractivity contribution in [2.75, 3.05) is 32.5 Å². The maximum Gasteiger partial charge on any atom is 0.319 e. The molecule has 1 N–H and O–H groups in total. The summed E-state index contributed by atoms with van der Waals surface area (Å²) in [6.45, 7) is 1.29. The molecule has 2 rings (SSSR count). The molecular weight excluding hydrogens is 254 g/mol. The van der Waals surface area contributed by atoms with Gasteiger partial charge in [-0.15, -0.1) is 0 Å². The molecule has 0 radical (unpaired) electrons. The Morgan fingerprint density at radius 2 is 1.75 bits per heavy atom. The molecule has 3 amide bonds. The molecule has 1 aliphatic rings. The summed E-state index contributed by atoms with van der Waals surface area (Å²) in [5, 5.41) is 2.93. The van der Waals surface area contributed by atoms with Gasteiger partial charge in [-0.2, -0.15) is 0 Å². The lowest BCUT2D eigenvalue weighted by Crippen LogP contribution is -2.45. The van der Waals surface area contributed by atoms with E-state index < -0.39 is 0 Å². The van der Waals surface area contributed by atoms with E-state index in [1.54, 1.807) is 23.9 Å². The monoisotopic (exact) mass is 275 g/mol. The Hall–Kier alpha value is -2.04. The minimum atomic E-state index is -0.0126. The van der Waals surface area contributed by atoms with Crippen molar-refractivity contribution >= 4 is 17.6 Å². The largest absolute Gasteiger partial charge is 0.331 e. The summed E-state index contributed by atoms with van der Waals surface area (Å²) in [7, 11) is 3.49. The van der Waals surface area contributed by atoms with E-state index in [1.165, 1.54) is 0 Å². The molecule has 1 aromatic carbocycles. The third-order valence-corrected chi connectivity index (χ3v) is 3.56. The van der Waals surface area contributed by atoms with E-state index in [2.05, 4.69) is 5.32 Å². The number of hydrogen-bond acceptors (Lipinski definition) is 2. The third kappa shape index (κ3) is 3.50. The Morgan fingerprint density at radius 1 is 1.15 bits per heavy atom. The topological polar surface area (TPSA) is 52.7 Å². The van der Waals surface area contributed by atoms with Gasteiger partial charge in [0.25, 0.3) is 0 Å². The quantitative estimate of drug-likeness (QED) is 0.897. The fourth-order valence-electron chi connectivity index (χ4n) is 2.38. The van der Waals surface area contributed by atoms with Crippen LogP contribution in [0.4, 0.5) is 10.5 Å². The number of carbonyl (C=O) groups is 2. The molecule has 0 bridgehead atoms. The summed E-state index contributed by atoms with van der Waals surface area (Å²) in [5.41, 5.74) is 0.823. The second-order valence-corrected chi connectivity index (χ2v) is 5.29. The maximum atomic E-state index is 12.2. The van der Waals surface area contributed by atoms with Crippen LogP contribution in [0.2, 0.25) is 0 Å². The molecule has 1 heterocycles. The van der Waals surface area contributed by atoms with Crippen molar-refractivity contribution in [2.45, 2.75) is 12.8 Å². The molecule has 0 atom stereocenters. The van der Waals surface area contributed by atoms with E-state index in [0.29, 0.717) is 13.1 Å². The lowest BCUT2D eigenvalue weighted by Gasteiger charge is -2.33. The molecule has 20 heavy (non-hydrogen) atoms. The van der Waals surface area contributed by atoms with E-state index in [4.69, 9.17) is 0 Å². The summed E-state index contributed by atoms with van der Waals surface area (Å²) >= 11 is 0. The molecule has 108 valence electrons. The average molecular weight is 275 g/mol. The van der Waals surface area contributed by atoms with Crippen molar-refractivity contribution in [1.29, 1.82) is 0 Å². The van der Waals surface area contributed by atoms with Crippen LogP contribution < -0.4 is 5.32 Å². The van der Waals surface area contributed by atoms with Gasteiger partial charge in [0, 0.05) is 38.8 Å². The minimum absolute atomic E-state index is 0.0126. The fraction of sp³-hybridized carbons (Fsp3) is 0.467. The van der Waals surface area contributed by atoms with Gasteiger partial charge in [0.2, 0.25) is 5.91 Å². The predicted molar refractivity (Wildman–Crippen MR) is 78.5 cm³/mol. The molecule has 1 aromatic rings. The first-order valence-corrected chi connectivity index (χ1v) is 6.90. The van der Waals surface area contributed by atoms with Gasteiger partial charge in [0.05, 0.1) is 0 Å². The van der Waals surface area contributed by atoms with Crippen LogP contribution >= 0.6 is 0 Å². The van der Waals surface area contributed by atoms with Crippen LogP contribution in [-0.2, 0) is 4.79 Å². The number of benzene rings is 1. The first-order valence-electron chi connectivity index (χ1n) is 6.90. The highest BCUT2D eigenvalue weighted by Crippen LogP contribution is 2.20. The number of piperidine rings is 1. The van der Waals surface area contributed by atoms with Gasteiger partial charge in [-0.3, -0.25) is 4.79 Å². The number of nitrogens with one attached hydrogen (secondary N) is 1. The SMILES string of the molecule is CN(C)C(=O)N1CCC(C(=O)Nc2ccccc2)CC1. The van der Waals surface area contributed by atoms with Gasteiger partial charge in [-0.05, 0) is 25.0 Å². The predicted octanol–water partition coefficient (Wildman–Crippen LogP) is 2.02. The first-order chi connectivity index (χ1) is 9.58. The number of likely N-dealkylation sites (tertiary alicyclic amines) is 1. The van der Waals surface area contributed by atoms with Crippen LogP contribution in [0.3, 0.4) is 0 Å². The second-order valence-electron chi connectivity index (χ2n) is 5.29. The number of anilines is 1. The number of para-hydroxylation sites is 1. The van der Waals surface area contributed by atoms with Crippen LogP contribution in [0, 0.1) is 5.92 Å². The Morgan fingerprint density at radius 3 is 2.30 bits per heavy atom. The number of hydrogen-bond donors (Lipinski definition) is 1. The lowest BCUT2D eigenvalue weighted by atomic mass is 9.96. The zero-order chi connectivity index (χ0) is 14.5. The molecule has 0 aliphatic carbocycles. The van der Waals surface area contributed by atoms with Crippen LogP contribution in [-0.4, -0.2) is 48.9 Å². The lowest BCUT2D eigenvalue weighted by molar-refractivity contribution is -0.121. The summed E-state index contributed by atoms with van der Waals surface area (Å²) < 4.78 is 0. The van der Waals surface area contributed by atoms with E-state index in [1.807, 2.05) is 30.3 Å². The van der Waals surface area contributed by atoms with Gasteiger partial charge < -0.3 is 15.1 Å². The number of nitrogens with zero attached hydrogens (tertiary/aromatic N) is 2. The van der Waals surface area contributed by atoms with Crippen molar-refractivity contribution in [3.8, 4) is 0 Å². The molecule has 0 saturated carbocycles. The van der Waals surface area contributed by atoms with Gasteiger partial charge in [0.1, 0.15) is 0 Å². The molecule has 5 heteroatoms. The van der Waals surface area contributed by atoms with Gasteiger partial charge in [-0.25, -0.2) is 4.79 Å². The van der Waals surface area contributed by atoms with Crippen LogP contribution in [0.15, 0.2) is 30.3 Å². The van der Waals surface area contributed by atoms with Crippen LogP contribution in [0.1, 0.15) is 12.8 Å². The summed E-state index contributed by atoms with van der Waals surface area (Å²) in [5.74, 6) is 0.0366. The maximum absolute atomic E-state index is 12.2. The van der Waals surface area contributed by atoms with E-state index in [9.17, 15) is 9.59 Å². The van der Waals surface area contributed by atoms with Crippen LogP contribution in [0.25, 0.3) is 0 Å². The molecule has 1 fully saturated rings. The Bertz CT molecular complexity index is 465. The number of rotatable bonds is 2. The average Bonchev–Trinajstić information content (AvgIpc) is 2.47. The molecular formula is C15H21N3O2. The van der Waals surface area contributed by atoms with Gasteiger partial charge >= 0.3 is 6.03 Å².